The van der Waals surface area contributed by atoms with Crippen molar-refractivity contribution in [3.63, 3.8) is 0 Å². The lowest BCUT2D eigenvalue weighted by Gasteiger charge is -2.48. The van der Waals surface area contributed by atoms with Crippen LogP contribution in [0, 0.1) is 16.7 Å². The maximum Gasteiger partial charge on any atom is 0.191 e. The van der Waals surface area contributed by atoms with E-state index in [0.29, 0.717) is 12.3 Å². The summed E-state index contributed by atoms with van der Waals surface area (Å²) in [5, 5.41) is 9.03. The van der Waals surface area contributed by atoms with Crippen LogP contribution in [0.3, 0.4) is 0 Å². The molecule has 0 amide bonds. The average molecular weight is 250 g/mol. The van der Waals surface area contributed by atoms with Crippen LogP contribution >= 0.6 is 0 Å². The van der Waals surface area contributed by atoms with Gasteiger partial charge in [-0.25, -0.2) is 0 Å². The highest BCUT2D eigenvalue weighted by Gasteiger charge is 2.58. The number of fused-ring (bicyclic) bond motifs is 1. The molecule has 3 heteroatoms. The van der Waals surface area contributed by atoms with Crippen LogP contribution in [-0.2, 0) is 9.59 Å². The Labute approximate surface area is 108 Å². The molecule has 0 aromatic rings. The molecule has 0 unspecified atom stereocenters. The van der Waals surface area contributed by atoms with Crippen molar-refractivity contribution in [1.29, 1.82) is 0 Å². The topological polar surface area (TPSA) is 54.4 Å². The van der Waals surface area contributed by atoms with Crippen LogP contribution in [0.25, 0.3) is 0 Å². The first-order valence-corrected chi connectivity index (χ1v) is 6.66. The Kier molecular flexibility index (Phi) is 3.01. The quantitative estimate of drug-likeness (QED) is 0.765. The van der Waals surface area contributed by atoms with E-state index < -0.39 is 12.4 Å². The van der Waals surface area contributed by atoms with Crippen molar-refractivity contribution >= 4 is 11.6 Å². The molecule has 100 valence electrons. The molecule has 0 radical (unpaired) electrons. The number of ketones is 2. The molecule has 3 nitrogen and oxygen atoms in total. The van der Waals surface area contributed by atoms with Crippen LogP contribution in [0.15, 0.2) is 11.1 Å². The zero-order valence-corrected chi connectivity index (χ0v) is 11.7. The van der Waals surface area contributed by atoms with Gasteiger partial charge in [0.25, 0.3) is 0 Å². The molecule has 18 heavy (non-hydrogen) atoms. The van der Waals surface area contributed by atoms with Gasteiger partial charge in [0.05, 0.1) is 5.57 Å². The smallest absolute Gasteiger partial charge is 0.191 e. The molecule has 2 aliphatic rings. The fraction of sp³-hybridized carbons (Fsp3) is 0.733. The Balaban J connectivity index is 2.59. The number of allylic oxidation sites excluding steroid dienone is 1. The maximum absolute atomic E-state index is 12.3. The number of aliphatic hydroxyl groups excluding tert-OH is 1. The summed E-state index contributed by atoms with van der Waals surface area (Å²) in [6.07, 6.45) is 2.55. The van der Waals surface area contributed by atoms with E-state index in [-0.39, 0.29) is 22.2 Å². The van der Waals surface area contributed by atoms with Gasteiger partial charge in [0.1, 0.15) is 6.61 Å². The molecule has 2 aliphatic carbocycles. The number of aliphatic hydroxyl groups is 1. The summed E-state index contributed by atoms with van der Waals surface area (Å²) in [5.74, 6) is -0.00668. The van der Waals surface area contributed by atoms with E-state index in [1.165, 1.54) is 0 Å². The Bertz CT molecular complexity index is 449. The number of rotatable bonds is 2. The fourth-order valence-corrected chi connectivity index (χ4v) is 3.99. The fourth-order valence-electron chi connectivity index (χ4n) is 3.99. The predicted octanol–water partition coefficient (Wildman–Crippen LogP) is 2.28. The first-order chi connectivity index (χ1) is 8.28. The second-order valence-corrected chi connectivity index (χ2v) is 6.37. The van der Waals surface area contributed by atoms with Gasteiger partial charge >= 0.3 is 0 Å². The third-order valence-corrected chi connectivity index (χ3v) is 5.86. The third-order valence-electron chi connectivity index (χ3n) is 5.86. The van der Waals surface area contributed by atoms with Crippen LogP contribution < -0.4 is 0 Å². The van der Waals surface area contributed by atoms with Crippen LogP contribution in [0.2, 0.25) is 0 Å². The van der Waals surface area contributed by atoms with Crippen LogP contribution in [0.5, 0.6) is 0 Å². The Morgan fingerprint density at radius 1 is 1.44 bits per heavy atom. The van der Waals surface area contributed by atoms with Crippen molar-refractivity contribution in [1.82, 2.24) is 0 Å². The molecule has 0 aliphatic heterocycles. The normalized spacial score (nSPS) is 40.1. The molecule has 1 fully saturated rings. The molecule has 0 saturated heterocycles. The first-order valence-electron chi connectivity index (χ1n) is 6.66. The van der Waals surface area contributed by atoms with Gasteiger partial charge in [-0.3, -0.25) is 9.59 Å². The number of hydrogen-bond donors (Lipinski definition) is 1. The lowest BCUT2D eigenvalue weighted by molar-refractivity contribution is -0.126. The third kappa shape index (κ3) is 1.46. The molecule has 1 N–H and O–H groups in total. The highest BCUT2D eigenvalue weighted by molar-refractivity contribution is 6.22. The lowest BCUT2D eigenvalue weighted by atomic mass is 9.55. The summed E-state index contributed by atoms with van der Waals surface area (Å²) in [7, 11) is 0. The molecule has 2 rings (SSSR count). The summed E-state index contributed by atoms with van der Waals surface area (Å²) in [5.41, 5.74) is 1.03. The van der Waals surface area contributed by atoms with Crippen molar-refractivity contribution in [2.24, 2.45) is 16.7 Å². The largest absolute Gasteiger partial charge is 0.388 e. The zero-order valence-electron chi connectivity index (χ0n) is 11.7. The highest BCUT2D eigenvalue weighted by atomic mass is 16.3. The standard InChI is InChI=1S/C15H22O3/c1-9-5-6-14(3)10(2)13(12(18)8-16)11(17)7-15(9,14)4/h9,16H,5-8H2,1-4H3/t9-,14+,15+/m1/s1. The van der Waals surface area contributed by atoms with E-state index in [4.69, 9.17) is 5.11 Å². The summed E-state index contributed by atoms with van der Waals surface area (Å²) in [6, 6.07) is 0. The van der Waals surface area contributed by atoms with E-state index in [1.807, 2.05) is 6.92 Å². The van der Waals surface area contributed by atoms with Gasteiger partial charge in [-0.05, 0) is 36.5 Å². The number of carbonyl (C=O) groups is 2. The Morgan fingerprint density at radius 2 is 2.06 bits per heavy atom. The molecule has 0 aromatic carbocycles. The van der Waals surface area contributed by atoms with Gasteiger partial charge in [0.15, 0.2) is 11.6 Å². The van der Waals surface area contributed by atoms with Crippen LogP contribution in [-0.4, -0.2) is 23.3 Å². The van der Waals surface area contributed by atoms with E-state index >= 15 is 0 Å². The zero-order chi connectivity index (χ0) is 13.7. The maximum atomic E-state index is 12.3. The van der Waals surface area contributed by atoms with Gasteiger partial charge in [0, 0.05) is 6.42 Å². The van der Waals surface area contributed by atoms with Crippen LogP contribution in [0.4, 0.5) is 0 Å². The SMILES string of the molecule is CC1=C(C(=O)CO)C(=O)C[C@@]2(C)[C@H](C)CC[C@@]12C. The second-order valence-electron chi connectivity index (χ2n) is 6.37. The Hall–Kier alpha value is -0.960. The summed E-state index contributed by atoms with van der Waals surface area (Å²) < 4.78 is 0. The predicted molar refractivity (Wildman–Crippen MR) is 69.0 cm³/mol. The summed E-state index contributed by atoms with van der Waals surface area (Å²) in [4.78, 5) is 24.0. The van der Waals surface area contributed by atoms with E-state index in [9.17, 15) is 9.59 Å². The second kappa shape index (κ2) is 4.02. The van der Waals surface area contributed by atoms with Crippen molar-refractivity contribution < 1.29 is 14.7 Å². The minimum Gasteiger partial charge on any atom is -0.388 e. The van der Waals surface area contributed by atoms with Gasteiger partial charge < -0.3 is 5.11 Å². The minimum absolute atomic E-state index is 0.0482. The number of Topliss-reactive ketones (excluding diaryl/α,β-unsaturated/α-hetero) is 2. The lowest BCUT2D eigenvalue weighted by Crippen LogP contribution is -2.45. The molecule has 1 saturated carbocycles. The monoisotopic (exact) mass is 250 g/mol. The van der Waals surface area contributed by atoms with Crippen molar-refractivity contribution in [2.75, 3.05) is 6.61 Å². The molecule has 0 aromatic heterocycles. The van der Waals surface area contributed by atoms with Gasteiger partial charge in [0.2, 0.25) is 0 Å². The molecular formula is C15H22O3. The molecule has 0 bridgehead atoms. The van der Waals surface area contributed by atoms with Gasteiger partial charge in [-0.2, -0.15) is 0 Å². The molecule has 0 spiro atoms. The molecule has 3 atom stereocenters. The summed E-state index contributed by atoms with van der Waals surface area (Å²) in [6.45, 7) is 7.87. The average Bonchev–Trinajstić information content (AvgIpc) is 2.54. The van der Waals surface area contributed by atoms with Gasteiger partial charge in [-0.15, -0.1) is 0 Å². The minimum atomic E-state index is -0.569. The van der Waals surface area contributed by atoms with Crippen molar-refractivity contribution in [2.45, 2.75) is 47.0 Å². The van der Waals surface area contributed by atoms with Gasteiger partial charge in [-0.1, -0.05) is 26.3 Å². The molecular weight excluding hydrogens is 228 g/mol. The first kappa shape index (κ1) is 13.5. The number of hydrogen-bond acceptors (Lipinski definition) is 3. The van der Waals surface area contributed by atoms with Crippen molar-refractivity contribution in [3.8, 4) is 0 Å². The summed E-state index contributed by atoms with van der Waals surface area (Å²) >= 11 is 0. The number of carbonyl (C=O) groups excluding carboxylic acids is 2. The van der Waals surface area contributed by atoms with E-state index in [1.54, 1.807) is 0 Å². The molecule has 0 heterocycles. The highest BCUT2D eigenvalue weighted by Crippen LogP contribution is 2.64. The Morgan fingerprint density at radius 3 is 2.61 bits per heavy atom. The van der Waals surface area contributed by atoms with E-state index in [2.05, 4.69) is 20.8 Å². The van der Waals surface area contributed by atoms with Crippen LogP contribution in [0.1, 0.15) is 47.0 Å². The van der Waals surface area contributed by atoms with E-state index in [0.717, 1.165) is 18.4 Å². The van der Waals surface area contributed by atoms with Crippen molar-refractivity contribution in [3.05, 3.63) is 11.1 Å².